The molecule has 1 aromatic carbocycles. The van der Waals surface area contributed by atoms with Crippen LogP contribution in [0.5, 0.6) is 0 Å². The zero-order valence-electron chi connectivity index (χ0n) is 15.6. The van der Waals surface area contributed by atoms with Gasteiger partial charge in [0.1, 0.15) is 12.1 Å². The first-order chi connectivity index (χ1) is 13.5. The maximum atomic E-state index is 12.8. The van der Waals surface area contributed by atoms with Crippen molar-refractivity contribution in [3.8, 4) is 0 Å². The summed E-state index contributed by atoms with van der Waals surface area (Å²) in [6.45, 7) is 4.84. The van der Waals surface area contributed by atoms with Crippen LogP contribution in [0.25, 0.3) is 10.9 Å². The molecule has 28 heavy (non-hydrogen) atoms. The summed E-state index contributed by atoms with van der Waals surface area (Å²) < 4.78 is 2.13. The number of carbonyl (C=O) groups excluding carboxylic acids is 2. The summed E-state index contributed by atoms with van der Waals surface area (Å²) in [4.78, 5) is 29.6. The number of aryl methyl sites for hydroxylation is 1. The van der Waals surface area contributed by atoms with Crippen molar-refractivity contribution in [1.82, 2.24) is 20.2 Å². The number of carbonyl (C=O) groups is 2. The molecule has 0 saturated carbocycles. The fourth-order valence-corrected chi connectivity index (χ4v) is 4.53. The lowest BCUT2D eigenvalue weighted by Crippen LogP contribution is -2.63. The molecule has 3 atom stereocenters. The summed E-state index contributed by atoms with van der Waals surface area (Å²) >= 11 is 7.68. The summed E-state index contributed by atoms with van der Waals surface area (Å²) in [5, 5.41) is 9.32. The Morgan fingerprint density at radius 1 is 1.29 bits per heavy atom. The molecule has 2 N–H and O–H groups in total. The van der Waals surface area contributed by atoms with Gasteiger partial charge in [-0.25, -0.2) is 4.98 Å². The van der Waals surface area contributed by atoms with Crippen LogP contribution in [-0.2, 0) is 22.6 Å². The van der Waals surface area contributed by atoms with Crippen LogP contribution >= 0.6 is 22.9 Å². The van der Waals surface area contributed by atoms with E-state index in [9.17, 15) is 9.59 Å². The van der Waals surface area contributed by atoms with Crippen molar-refractivity contribution in [3.63, 3.8) is 0 Å². The largest absolute Gasteiger partial charge is 0.347 e. The molecule has 6 nitrogen and oxygen atoms in total. The number of rotatable bonds is 5. The molecule has 8 heteroatoms. The SMILES string of the molecule is CCn1cc([C@@H](C)[C@H]2NC(=O)[C@@H](Cc3cscn3)NC2=O)c2cc(Cl)ccc21. The van der Waals surface area contributed by atoms with E-state index in [1.54, 1.807) is 5.51 Å². The predicted molar refractivity (Wildman–Crippen MR) is 111 cm³/mol. The van der Waals surface area contributed by atoms with E-state index in [1.165, 1.54) is 11.3 Å². The number of hydrogen-bond donors (Lipinski definition) is 2. The maximum absolute atomic E-state index is 12.8. The fraction of sp³-hybridized carbons (Fsp3) is 0.350. The van der Waals surface area contributed by atoms with Crippen LogP contribution in [-0.4, -0.2) is 33.4 Å². The van der Waals surface area contributed by atoms with Crippen LogP contribution in [0, 0.1) is 0 Å². The van der Waals surface area contributed by atoms with Gasteiger partial charge in [-0.1, -0.05) is 18.5 Å². The van der Waals surface area contributed by atoms with E-state index in [1.807, 2.05) is 36.7 Å². The van der Waals surface area contributed by atoms with Crippen molar-refractivity contribution in [3.05, 3.63) is 51.6 Å². The number of amides is 2. The highest BCUT2D eigenvalue weighted by atomic mass is 35.5. The molecule has 1 aliphatic rings. The molecule has 0 bridgehead atoms. The summed E-state index contributed by atoms with van der Waals surface area (Å²) in [5.74, 6) is -0.550. The van der Waals surface area contributed by atoms with Crippen molar-refractivity contribution < 1.29 is 9.59 Å². The van der Waals surface area contributed by atoms with E-state index in [0.29, 0.717) is 11.4 Å². The van der Waals surface area contributed by atoms with E-state index in [0.717, 1.165) is 28.7 Å². The number of hydrogen-bond acceptors (Lipinski definition) is 4. The number of nitrogens with one attached hydrogen (secondary N) is 2. The van der Waals surface area contributed by atoms with E-state index < -0.39 is 12.1 Å². The first-order valence-corrected chi connectivity index (χ1v) is 10.6. The number of nitrogens with zero attached hydrogens (tertiary/aromatic N) is 2. The Balaban J connectivity index is 1.60. The first kappa shape index (κ1) is 19.0. The molecule has 0 unspecified atom stereocenters. The van der Waals surface area contributed by atoms with Gasteiger partial charge in [0.25, 0.3) is 0 Å². The van der Waals surface area contributed by atoms with Crippen LogP contribution in [0.3, 0.4) is 0 Å². The van der Waals surface area contributed by atoms with Crippen molar-refractivity contribution in [2.45, 2.75) is 44.8 Å². The average molecular weight is 417 g/mol. The van der Waals surface area contributed by atoms with Gasteiger partial charge in [0.15, 0.2) is 0 Å². The highest BCUT2D eigenvalue weighted by Gasteiger charge is 2.38. The average Bonchev–Trinajstić information content (AvgIpc) is 3.31. The van der Waals surface area contributed by atoms with Gasteiger partial charge in [0, 0.05) is 46.4 Å². The highest BCUT2D eigenvalue weighted by Crippen LogP contribution is 2.32. The second kappa shape index (κ2) is 7.56. The zero-order valence-corrected chi connectivity index (χ0v) is 17.2. The second-order valence-electron chi connectivity index (χ2n) is 7.05. The normalized spacial score (nSPS) is 20.8. The Morgan fingerprint density at radius 2 is 2.11 bits per heavy atom. The monoisotopic (exact) mass is 416 g/mol. The predicted octanol–water partition coefficient (Wildman–Crippen LogP) is 3.10. The lowest BCUT2D eigenvalue weighted by molar-refractivity contribution is -0.137. The minimum atomic E-state index is -0.630. The van der Waals surface area contributed by atoms with Gasteiger partial charge in [-0.3, -0.25) is 9.59 Å². The van der Waals surface area contributed by atoms with E-state index in [4.69, 9.17) is 11.6 Å². The molecule has 2 amide bonds. The van der Waals surface area contributed by atoms with Crippen LogP contribution in [0.1, 0.15) is 31.0 Å². The standard InChI is InChI=1S/C20H21ClN4O2S/c1-3-25-8-15(14-6-12(21)4-5-17(14)25)11(2)18-20(27)23-16(19(26)24-18)7-13-9-28-10-22-13/h4-6,8-11,16,18H,3,7H2,1-2H3,(H,23,27)(H,24,26)/t11-,16-,18-/m1/s1. The van der Waals surface area contributed by atoms with Crippen LogP contribution < -0.4 is 10.6 Å². The van der Waals surface area contributed by atoms with E-state index in [2.05, 4.69) is 27.1 Å². The lowest BCUT2D eigenvalue weighted by Gasteiger charge is -2.32. The van der Waals surface area contributed by atoms with Crippen LogP contribution in [0.2, 0.25) is 5.02 Å². The highest BCUT2D eigenvalue weighted by molar-refractivity contribution is 7.07. The second-order valence-corrected chi connectivity index (χ2v) is 8.21. The molecular formula is C20H21ClN4O2S. The van der Waals surface area contributed by atoms with Crippen LogP contribution in [0.15, 0.2) is 35.3 Å². The van der Waals surface area contributed by atoms with Gasteiger partial charge >= 0.3 is 0 Å². The van der Waals surface area contributed by atoms with E-state index >= 15 is 0 Å². The van der Waals surface area contributed by atoms with Gasteiger partial charge in [-0.15, -0.1) is 11.3 Å². The van der Waals surface area contributed by atoms with E-state index in [-0.39, 0.29) is 17.7 Å². The molecule has 3 aromatic rings. The quantitative estimate of drug-likeness (QED) is 0.671. The number of halogens is 1. The summed E-state index contributed by atoms with van der Waals surface area (Å²) in [7, 11) is 0. The summed E-state index contributed by atoms with van der Waals surface area (Å²) in [6.07, 6.45) is 2.44. The molecule has 4 rings (SSSR count). The number of piperazine rings is 1. The number of thiazole rings is 1. The first-order valence-electron chi connectivity index (χ1n) is 9.24. The minimum Gasteiger partial charge on any atom is -0.347 e. The molecule has 0 radical (unpaired) electrons. The maximum Gasteiger partial charge on any atom is 0.243 e. The van der Waals surface area contributed by atoms with Crippen molar-refractivity contribution in [1.29, 1.82) is 0 Å². The number of fused-ring (bicyclic) bond motifs is 1. The van der Waals surface area contributed by atoms with Crippen molar-refractivity contribution >= 4 is 45.7 Å². The minimum absolute atomic E-state index is 0.174. The number of benzene rings is 1. The van der Waals surface area contributed by atoms with Gasteiger partial charge < -0.3 is 15.2 Å². The topological polar surface area (TPSA) is 76.0 Å². The number of aromatic nitrogens is 2. The van der Waals surface area contributed by atoms with Crippen molar-refractivity contribution in [2.75, 3.05) is 0 Å². The zero-order chi connectivity index (χ0) is 19.8. The van der Waals surface area contributed by atoms with Gasteiger partial charge in [-0.2, -0.15) is 0 Å². The molecule has 1 fully saturated rings. The van der Waals surface area contributed by atoms with Gasteiger partial charge in [-0.05, 0) is 30.7 Å². The molecular weight excluding hydrogens is 396 g/mol. The Hall–Kier alpha value is -2.38. The Bertz CT molecular complexity index is 1030. The molecule has 0 aliphatic carbocycles. The van der Waals surface area contributed by atoms with Gasteiger partial charge in [0.2, 0.25) is 11.8 Å². The Kier molecular flexibility index (Phi) is 5.12. The summed E-state index contributed by atoms with van der Waals surface area (Å²) in [5.41, 5.74) is 4.59. The molecule has 1 aliphatic heterocycles. The molecule has 1 saturated heterocycles. The van der Waals surface area contributed by atoms with Crippen molar-refractivity contribution in [2.24, 2.45) is 0 Å². The lowest BCUT2D eigenvalue weighted by atomic mass is 9.90. The Morgan fingerprint density at radius 3 is 2.82 bits per heavy atom. The smallest absolute Gasteiger partial charge is 0.243 e. The Labute approximate surface area is 171 Å². The molecule has 3 heterocycles. The molecule has 0 spiro atoms. The fourth-order valence-electron chi connectivity index (χ4n) is 3.79. The molecule has 2 aromatic heterocycles. The summed E-state index contributed by atoms with van der Waals surface area (Å²) in [6, 6.07) is 4.55. The molecule has 146 valence electrons. The third kappa shape index (κ3) is 3.40. The third-order valence-corrected chi connectivity index (χ3v) is 6.19. The van der Waals surface area contributed by atoms with Crippen LogP contribution in [0.4, 0.5) is 0 Å². The third-order valence-electron chi connectivity index (χ3n) is 5.32. The van der Waals surface area contributed by atoms with Gasteiger partial charge in [0.05, 0.1) is 11.2 Å².